The van der Waals surface area contributed by atoms with E-state index >= 15 is 0 Å². The molecule has 3 N–H and O–H groups in total. The molecule has 0 fully saturated rings. The van der Waals surface area contributed by atoms with E-state index < -0.39 is 11.8 Å². The maximum Gasteiger partial charge on any atom is 0.338 e. The van der Waals surface area contributed by atoms with Gasteiger partial charge in [-0.25, -0.2) is 9.18 Å². The lowest BCUT2D eigenvalue weighted by Gasteiger charge is -2.10. The number of halogens is 1. The van der Waals surface area contributed by atoms with E-state index in [4.69, 9.17) is 10.2 Å². The summed E-state index contributed by atoms with van der Waals surface area (Å²) >= 11 is 0. The molecule has 0 aliphatic carbocycles. The summed E-state index contributed by atoms with van der Waals surface area (Å²) in [7, 11) is 0. The smallest absolute Gasteiger partial charge is 0.338 e. The van der Waals surface area contributed by atoms with Gasteiger partial charge in [0.2, 0.25) is 0 Å². The molecule has 88 valence electrons. The van der Waals surface area contributed by atoms with Crippen molar-refractivity contribution >= 4 is 5.97 Å². The fourth-order valence-electron chi connectivity index (χ4n) is 1.20. The fraction of sp³-hybridized carbons (Fsp3) is 0.364. The first kappa shape index (κ1) is 12.6. The standard InChI is InChI=1S/C11H14FNO3/c1-7(6-14)13-5-8-2-3-9(11(15)16)10(12)4-8/h2-4,7,13-14H,5-6H2,1H3,(H,15,16). The molecule has 0 spiro atoms. The number of benzene rings is 1. The molecule has 0 heterocycles. The number of carbonyl (C=O) groups is 1. The molecule has 1 rings (SSSR count). The van der Waals surface area contributed by atoms with Crippen LogP contribution in [0.5, 0.6) is 0 Å². The van der Waals surface area contributed by atoms with Crippen LogP contribution in [-0.4, -0.2) is 28.8 Å². The highest BCUT2D eigenvalue weighted by Gasteiger charge is 2.10. The van der Waals surface area contributed by atoms with Crippen LogP contribution in [0.1, 0.15) is 22.8 Å². The van der Waals surface area contributed by atoms with Gasteiger partial charge in [0.25, 0.3) is 0 Å². The van der Waals surface area contributed by atoms with Crippen LogP contribution >= 0.6 is 0 Å². The lowest BCUT2D eigenvalue weighted by molar-refractivity contribution is 0.0692. The molecule has 1 aromatic carbocycles. The van der Waals surface area contributed by atoms with Gasteiger partial charge in [-0.05, 0) is 24.6 Å². The number of carboxylic acids is 1. The molecular weight excluding hydrogens is 213 g/mol. The highest BCUT2D eigenvalue weighted by molar-refractivity contribution is 5.87. The Morgan fingerprint density at radius 1 is 1.56 bits per heavy atom. The van der Waals surface area contributed by atoms with Crippen molar-refractivity contribution in [3.05, 3.63) is 35.1 Å². The highest BCUT2D eigenvalue weighted by Crippen LogP contribution is 2.10. The van der Waals surface area contributed by atoms with E-state index in [-0.39, 0.29) is 18.2 Å². The lowest BCUT2D eigenvalue weighted by atomic mass is 10.1. The molecule has 0 aliphatic heterocycles. The van der Waals surface area contributed by atoms with Crippen molar-refractivity contribution in [2.75, 3.05) is 6.61 Å². The maximum atomic E-state index is 13.2. The van der Waals surface area contributed by atoms with Crippen molar-refractivity contribution in [2.45, 2.75) is 19.5 Å². The molecule has 0 radical (unpaired) electrons. The number of aliphatic hydroxyl groups is 1. The van der Waals surface area contributed by atoms with E-state index in [0.717, 1.165) is 0 Å². The molecule has 0 amide bonds. The Morgan fingerprint density at radius 2 is 2.25 bits per heavy atom. The first-order valence-electron chi connectivity index (χ1n) is 4.90. The van der Waals surface area contributed by atoms with E-state index in [1.807, 2.05) is 0 Å². The minimum Gasteiger partial charge on any atom is -0.478 e. The van der Waals surface area contributed by atoms with Crippen LogP contribution in [0.15, 0.2) is 18.2 Å². The first-order valence-corrected chi connectivity index (χ1v) is 4.90. The van der Waals surface area contributed by atoms with Crippen molar-refractivity contribution in [1.82, 2.24) is 5.32 Å². The summed E-state index contributed by atoms with van der Waals surface area (Å²) in [6.07, 6.45) is 0. The second-order valence-corrected chi connectivity index (χ2v) is 3.58. The van der Waals surface area contributed by atoms with Gasteiger partial charge in [-0.3, -0.25) is 0 Å². The topological polar surface area (TPSA) is 69.6 Å². The predicted octanol–water partition coefficient (Wildman–Crippen LogP) is 0.994. The Labute approximate surface area is 92.7 Å². The fourth-order valence-corrected chi connectivity index (χ4v) is 1.20. The van der Waals surface area contributed by atoms with Crippen LogP contribution < -0.4 is 5.32 Å². The van der Waals surface area contributed by atoms with E-state index in [1.54, 1.807) is 13.0 Å². The second kappa shape index (κ2) is 5.58. The number of nitrogens with one attached hydrogen (secondary N) is 1. The quantitative estimate of drug-likeness (QED) is 0.701. The Balaban J connectivity index is 2.70. The molecule has 0 bridgehead atoms. The summed E-state index contributed by atoms with van der Waals surface area (Å²) in [5.74, 6) is -2.02. The SMILES string of the molecule is CC(CO)NCc1ccc(C(=O)O)c(F)c1. The third kappa shape index (κ3) is 3.29. The van der Waals surface area contributed by atoms with Gasteiger partial charge in [0.15, 0.2) is 0 Å². The molecule has 0 aromatic heterocycles. The lowest BCUT2D eigenvalue weighted by Crippen LogP contribution is -2.28. The molecule has 1 aromatic rings. The molecule has 0 saturated carbocycles. The van der Waals surface area contributed by atoms with Crippen LogP contribution in [-0.2, 0) is 6.54 Å². The summed E-state index contributed by atoms with van der Waals surface area (Å²) < 4.78 is 13.2. The molecule has 4 nitrogen and oxygen atoms in total. The normalized spacial score (nSPS) is 12.4. The average molecular weight is 227 g/mol. The molecule has 1 unspecified atom stereocenters. The Morgan fingerprint density at radius 3 is 2.75 bits per heavy atom. The third-order valence-electron chi connectivity index (χ3n) is 2.19. The number of aromatic carboxylic acids is 1. The zero-order valence-electron chi connectivity index (χ0n) is 8.90. The Hall–Kier alpha value is -1.46. The van der Waals surface area contributed by atoms with Gasteiger partial charge in [-0.15, -0.1) is 0 Å². The minimum absolute atomic E-state index is 0.00427. The minimum atomic E-state index is -1.28. The molecule has 1 atom stereocenters. The molecule has 5 heteroatoms. The van der Waals surface area contributed by atoms with Gasteiger partial charge >= 0.3 is 5.97 Å². The predicted molar refractivity (Wildman–Crippen MR) is 56.7 cm³/mol. The van der Waals surface area contributed by atoms with E-state index in [9.17, 15) is 9.18 Å². The summed E-state index contributed by atoms with van der Waals surface area (Å²) in [5.41, 5.74) is 0.307. The van der Waals surface area contributed by atoms with Crippen LogP contribution in [0, 0.1) is 5.82 Å². The van der Waals surface area contributed by atoms with Gasteiger partial charge in [0.1, 0.15) is 5.82 Å². The van der Waals surface area contributed by atoms with Crippen molar-refractivity contribution < 1.29 is 19.4 Å². The monoisotopic (exact) mass is 227 g/mol. The second-order valence-electron chi connectivity index (χ2n) is 3.58. The summed E-state index contributed by atoms with van der Waals surface area (Å²) in [6.45, 7) is 2.18. The van der Waals surface area contributed by atoms with Gasteiger partial charge in [-0.2, -0.15) is 0 Å². The van der Waals surface area contributed by atoms with Gasteiger partial charge < -0.3 is 15.5 Å². The number of hydrogen-bond donors (Lipinski definition) is 3. The van der Waals surface area contributed by atoms with E-state index in [0.29, 0.717) is 12.1 Å². The average Bonchev–Trinajstić information content (AvgIpc) is 2.25. The molecular formula is C11H14FNO3. The zero-order chi connectivity index (χ0) is 12.1. The Kier molecular flexibility index (Phi) is 4.39. The van der Waals surface area contributed by atoms with Crippen molar-refractivity contribution in [3.8, 4) is 0 Å². The maximum absolute atomic E-state index is 13.2. The van der Waals surface area contributed by atoms with Crippen molar-refractivity contribution in [2.24, 2.45) is 0 Å². The zero-order valence-corrected chi connectivity index (χ0v) is 8.90. The summed E-state index contributed by atoms with van der Waals surface area (Å²) in [5, 5.41) is 20.4. The first-order chi connectivity index (χ1) is 7.54. The van der Waals surface area contributed by atoms with Crippen LogP contribution in [0.25, 0.3) is 0 Å². The van der Waals surface area contributed by atoms with Crippen LogP contribution in [0.3, 0.4) is 0 Å². The number of carboxylic acid groups (broad SMARTS) is 1. The number of hydrogen-bond acceptors (Lipinski definition) is 3. The van der Waals surface area contributed by atoms with Crippen LogP contribution in [0.2, 0.25) is 0 Å². The van der Waals surface area contributed by atoms with Crippen molar-refractivity contribution in [3.63, 3.8) is 0 Å². The van der Waals surface area contributed by atoms with Gasteiger partial charge in [0.05, 0.1) is 12.2 Å². The number of aliphatic hydroxyl groups excluding tert-OH is 1. The molecule has 16 heavy (non-hydrogen) atoms. The number of rotatable bonds is 5. The molecule has 0 saturated heterocycles. The Bertz CT molecular complexity index is 381. The van der Waals surface area contributed by atoms with Gasteiger partial charge in [0, 0.05) is 12.6 Å². The summed E-state index contributed by atoms with van der Waals surface area (Å²) in [4.78, 5) is 10.6. The third-order valence-corrected chi connectivity index (χ3v) is 2.19. The van der Waals surface area contributed by atoms with Crippen LogP contribution in [0.4, 0.5) is 4.39 Å². The van der Waals surface area contributed by atoms with Gasteiger partial charge in [-0.1, -0.05) is 6.07 Å². The largest absolute Gasteiger partial charge is 0.478 e. The van der Waals surface area contributed by atoms with E-state index in [1.165, 1.54) is 12.1 Å². The van der Waals surface area contributed by atoms with E-state index in [2.05, 4.69) is 5.32 Å². The molecule has 0 aliphatic rings. The van der Waals surface area contributed by atoms with Crippen molar-refractivity contribution in [1.29, 1.82) is 0 Å². The summed E-state index contributed by atoms with van der Waals surface area (Å²) in [6, 6.07) is 3.88. The highest BCUT2D eigenvalue weighted by atomic mass is 19.1.